The molecule has 0 N–H and O–H groups in total. The van der Waals surface area contributed by atoms with E-state index in [1.807, 2.05) is 18.2 Å². The van der Waals surface area contributed by atoms with Crippen LogP contribution in [0.3, 0.4) is 0 Å². The fourth-order valence-electron chi connectivity index (χ4n) is 3.00. The van der Waals surface area contributed by atoms with E-state index < -0.39 is 0 Å². The molecule has 0 amide bonds. The van der Waals surface area contributed by atoms with Crippen molar-refractivity contribution in [3.05, 3.63) is 71.3 Å². The predicted octanol–water partition coefficient (Wildman–Crippen LogP) is 3.52. The number of fused-ring (bicyclic) bond motifs is 3. The zero-order valence-electron chi connectivity index (χ0n) is 10.6. The molecule has 1 aliphatic heterocycles. The van der Waals surface area contributed by atoms with Crippen LogP contribution in [0.4, 0.5) is 0 Å². The van der Waals surface area contributed by atoms with Crippen molar-refractivity contribution in [3.8, 4) is 0 Å². The normalized spacial score (nSPS) is 24.1. The molecule has 0 fully saturated rings. The summed E-state index contributed by atoms with van der Waals surface area (Å²) in [7, 11) is 0. The first-order valence-corrected chi connectivity index (χ1v) is 6.79. The predicted molar refractivity (Wildman–Crippen MR) is 75.4 cm³/mol. The monoisotopic (exact) mass is 249 g/mol. The summed E-state index contributed by atoms with van der Waals surface area (Å²) in [6, 6.07) is 19.0. The first kappa shape index (κ1) is 10.8. The second kappa shape index (κ2) is 4.23. The number of hydrogen-bond acceptors (Lipinski definition) is 2. The van der Waals surface area contributed by atoms with Gasteiger partial charge in [-0.25, -0.2) is 4.99 Å². The van der Waals surface area contributed by atoms with Gasteiger partial charge in [-0.3, -0.25) is 0 Å². The minimum atomic E-state index is 0.111. The summed E-state index contributed by atoms with van der Waals surface area (Å²) in [5.41, 5.74) is 3.80. The van der Waals surface area contributed by atoms with Crippen LogP contribution in [0.25, 0.3) is 0 Å². The van der Waals surface area contributed by atoms with Crippen molar-refractivity contribution in [3.63, 3.8) is 0 Å². The number of ether oxygens (including phenoxy) is 1. The van der Waals surface area contributed by atoms with Crippen molar-refractivity contribution in [2.75, 3.05) is 0 Å². The third-order valence-electron chi connectivity index (χ3n) is 3.96. The van der Waals surface area contributed by atoms with Gasteiger partial charge in [-0.1, -0.05) is 42.5 Å². The summed E-state index contributed by atoms with van der Waals surface area (Å²) in [5, 5.41) is 0. The van der Waals surface area contributed by atoms with E-state index in [2.05, 4.69) is 36.4 Å². The Balaban J connectivity index is 1.70. The van der Waals surface area contributed by atoms with Crippen LogP contribution < -0.4 is 0 Å². The second-order valence-electron chi connectivity index (χ2n) is 5.14. The molecule has 94 valence electrons. The molecule has 0 aromatic heterocycles. The van der Waals surface area contributed by atoms with Gasteiger partial charge in [-0.2, -0.15) is 0 Å². The first-order chi connectivity index (χ1) is 9.42. The Bertz CT molecular complexity index is 633. The quantitative estimate of drug-likeness (QED) is 0.757. The van der Waals surface area contributed by atoms with Crippen molar-refractivity contribution >= 4 is 5.90 Å². The van der Waals surface area contributed by atoms with Gasteiger partial charge in [0.1, 0.15) is 6.10 Å². The van der Waals surface area contributed by atoms with E-state index in [0.29, 0.717) is 0 Å². The fourth-order valence-corrected chi connectivity index (χ4v) is 3.00. The average Bonchev–Trinajstić information content (AvgIpc) is 2.93. The van der Waals surface area contributed by atoms with Crippen LogP contribution in [0, 0.1) is 0 Å². The molecule has 0 saturated carbocycles. The van der Waals surface area contributed by atoms with Gasteiger partial charge < -0.3 is 4.74 Å². The molecule has 2 aromatic rings. The van der Waals surface area contributed by atoms with Gasteiger partial charge in [-0.05, 0) is 36.1 Å². The second-order valence-corrected chi connectivity index (χ2v) is 5.14. The molecule has 2 atom stereocenters. The van der Waals surface area contributed by atoms with Crippen LogP contribution in [0.5, 0.6) is 0 Å². The van der Waals surface area contributed by atoms with Crippen LogP contribution >= 0.6 is 0 Å². The van der Waals surface area contributed by atoms with E-state index in [4.69, 9.17) is 9.73 Å². The van der Waals surface area contributed by atoms with E-state index >= 15 is 0 Å². The lowest BCUT2D eigenvalue weighted by Gasteiger charge is -2.25. The number of nitrogens with zero attached hydrogens (tertiary/aromatic N) is 1. The Kier molecular flexibility index (Phi) is 2.41. The molecule has 0 spiro atoms. The van der Waals surface area contributed by atoms with Gasteiger partial charge >= 0.3 is 0 Å². The van der Waals surface area contributed by atoms with Gasteiger partial charge in [0.05, 0.1) is 6.04 Å². The van der Waals surface area contributed by atoms with Gasteiger partial charge in [0.15, 0.2) is 0 Å². The van der Waals surface area contributed by atoms with E-state index in [-0.39, 0.29) is 12.1 Å². The highest BCUT2D eigenvalue weighted by molar-refractivity contribution is 5.95. The number of rotatable bonds is 1. The Morgan fingerprint density at radius 1 is 0.947 bits per heavy atom. The van der Waals surface area contributed by atoms with Crippen molar-refractivity contribution in [2.24, 2.45) is 4.99 Å². The van der Waals surface area contributed by atoms with E-state index in [1.165, 1.54) is 11.1 Å². The molecule has 0 bridgehead atoms. The molecule has 0 unspecified atom stereocenters. The molecule has 1 aliphatic carbocycles. The summed E-state index contributed by atoms with van der Waals surface area (Å²) in [6.07, 6.45) is 2.30. The van der Waals surface area contributed by atoms with Crippen LogP contribution in [-0.2, 0) is 11.2 Å². The summed E-state index contributed by atoms with van der Waals surface area (Å²) < 4.78 is 6.13. The molecule has 2 aliphatic rings. The Morgan fingerprint density at radius 2 is 1.74 bits per heavy atom. The molecule has 2 nitrogen and oxygen atoms in total. The molecule has 19 heavy (non-hydrogen) atoms. The van der Waals surface area contributed by atoms with Crippen LogP contribution in [-0.4, -0.2) is 11.9 Å². The maximum Gasteiger partial charge on any atom is 0.217 e. The summed E-state index contributed by atoms with van der Waals surface area (Å²) in [4.78, 5) is 4.77. The standard InChI is InChI=1S/C17H15NO/c1-2-7-13(8-3-1)17-18-15-11-10-12-6-4-5-9-14(12)16(15)19-17/h1-9,15-16H,10-11H2/t15-,16+/m0/s1. The SMILES string of the molecule is c1ccc(C2=N[C@H]3CCc4ccccc4[C@H]3O2)cc1. The third-order valence-corrected chi connectivity index (χ3v) is 3.96. The minimum Gasteiger partial charge on any atom is -0.467 e. The minimum absolute atomic E-state index is 0.111. The maximum atomic E-state index is 6.13. The van der Waals surface area contributed by atoms with E-state index in [1.54, 1.807) is 0 Å². The molecule has 2 heteroatoms. The highest BCUT2D eigenvalue weighted by atomic mass is 16.5. The molecule has 1 heterocycles. The Morgan fingerprint density at radius 3 is 2.63 bits per heavy atom. The molecule has 0 saturated heterocycles. The zero-order chi connectivity index (χ0) is 12.7. The van der Waals surface area contributed by atoms with E-state index in [0.717, 1.165) is 24.3 Å². The van der Waals surface area contributed by atoms with Gasteiger partial charge in [-0.15, -0.1) is 0 Å². The highest BCUT2D eigenvalue weighted by Gasteiger charge is 2.36. The number of benzene rings is 2. The summed E-state index contributed by atoms with van der Waals surface area (Å²) in [6.45, 7) is 0. The van der Waals surface area contributed by atoms with Crippen LogP contribution in [0.2, 0.25) is 0 Å². The molecular weight excluding hydrogens is 234 g/mol. The largest absolute Gasteiger partial charge is 0.467 e. The number of hydrogen-bond donors (Lipinski definition) is 0. The Labute approximate surface area is 112 Å². The van der Waals surface area contributed by atoms with Crippen LogP contribution in [0.1, 0.15) is 29.2 Å². The van der Waals surface area contributed by atoms with Gasteiger partial charge in [0.25, 0.3) is 0 Å². The van der Waals surface area contributed by atoms with Crippen molar-refractivity contribution < 1.29 is 4.74 Å². The maximum absolute atomic E-state index is 6.13. The van der Waals surface area contributed by atoms with Crippen molar-refractivity contribution in [1.29, 1.82) is 0 Å². The summed E-state index contributed by atoms with van der Waals surface area (Å²) in [5.74, 6) is 0.798. The smallest absolute Gasteiger partial charge is 0.217 e. The molecule has 0 radical (unpaired) electrons. The fraction of sp³-hybridized carbons (Fsp3) is 0.235. The molecule has 2 aromatic carbocycles. The average molecular weight is 249 g/mol. The van der Waals surface area contributed by atoms with E-state index in [9.17, 15) is 0 Å². The molecular formula is C17H15NO. The molecule has 4 rings (SSSR count). The van der Waals surface area contributed by atoms with Crippen molar-refractivity contribution in [1.82, 2.24) is 0 Å². The Hall–Kier alpha value is -2.09. The summed E-state index contributed by atoms with van der Waals surface area (Å²) >= 11 is 0. The first-order valence-electron chi connectivity index (χ1n) is 6.79. The van der Waals surface area contributed by atoms with Crippen LogP contribution in [0.15, 0.2) is 59.6 Å². The third kappa shape index (κ3) is 1.75. The lowest BCUT2D eigenvalue weighted by Crippen LogP contribution is -2.21. The lowest BCUT2D eigenvalue weighted by molar-refractivity contribution is 0.183. The number of aryl methyl sites for hydroxylation is 1. The van der Waals surface area contributed by atoms with Crippen molar-refractivity contribution in [2.45, 2.75) is 25.0 Å². The highest BCUT2D eigenvalue weighted by Crippen LogP contribution is 2.39. The zero-order valence-corrected chi connectivity index (χ0v) is 10.6. The topological polar surface area (TPSA) is 21.6 Å². The number of aliphatic imine (C=N–C) groups is 1. The van der Waals surface area contributed by atoms with Gasteiger partial charge in [0.2, 0.25) is 5.90 Å². The van der Waals surface area contributed by atoms with Gasteiger partial charge in [0, 0.05) is 5.56 Å². The lowest BCUT2D eigenvalue weighted by atomic mass is 9.86.